The SMILES string of the molecule is COC(=O)C1CS(=O)CC(c2cccc(F)c2)N1. The van der Waals surface area contributed by atoms with Crippen molar-refractivity contribution in [2.45, 2.75) is 12.1 Å². The highest BCUT2D eigenvalue weighted by Gasteiger charge is 2.31. The number of ether oxygens (including phenoxy) is 1. The third-order valence-corrected chi connectivity index (χ3v) is 4.25. The molecule has 0 bridgehead atoms. The number of rotatable bonds is 2. The van der Waals surface area contributed by atoms with E-state index in [1.807, 2.05) is 0 Å². The number of nitrogens with one attached hydrogen (secondary N) is 1. The molecule has 98 valence electrons. The number of carbonyl (C=O) groups is 1. The quantitative estimate of drug-likeness (QED) is 0.807. The van der Waals surface area contributed by atoms with Gasteiger partial charge in [-0.1, -0.05) is 12.1 Å². The zero-order chi connectivity index (χ0) is 13.1. The van der Waals surface area contributed by atoms with E-state index in [0.29, 0.717) is 11.3 Å². The molecule has 0 amide bonds. The van der Waals surface area contributed by atoms with Gasteiger partial charge in [-0.15, -0.1) is 0 Å². The van der Waals surface area contributed by atoms with Gasteiger partial charge in [-0.3, -0.25) is 14.3 Å². The van der Waals surface area contributed by atoms with Gasteiger partial charge < -0.3 is 4.74 Å². The van der Waals surface area contributed by atoms with E-state index in [0.717, 1.165) is 0 Å². The fourth-order valence-corrected chi connectivity index (χ4v) is 3.37. The maximum atomic E-state index is 13.1. The lowest BCUT2D eigenvalue weighted by molar-refractivity contribution is -0.142. The first-order chi connectivity index (χ1) is 8.60. The largest absolute Gasteiger partial charge is 0.468 e. The first-order valence-electron chi connectivity index (χ1n) is 5.54. The number of hydrogen-bond donors (Lipinski definition) is 1. The minimum atomic E-state index is -1.12. The molecule has 2 rings (SSSR count). The lowest BCUT2D eigenvalue weighted by atomic mass is 10.1. The Morgan fingerprint density at radius 2 is 2.28 bits per heavy atom. The molecule has 1 heterocycles. The third-order valence-electron chi connectivity index (χ3n) is 2.84. The van der Waals surface area contributed by atoms with Crippen molar-refractivity contribution >= 4 is 16.8 Å². The Morgan fingerprint density at radius 1 is 1.50 bits per heavy atom. The summed E-state index contributed by atoms with van der Waals surface area (Å²) in [5, 5.41) is 3.04. The molecule has 1 aliphatic rings. The number of benzene rings is 1. The van der Waals surface area contributed by atoms with Crippen molar-refractivity contribution in [2.75, 3.05) is 18.6 Å². The van der Waals surface area contributed by atoms with Crippen molar-refractivity contribution in [2.24, 2.45) is 0 Å². The van der Waals surface area contributed by atoms with Crippen LogP contribution < -0.4 is 5.32 Å². The van der Waals surface area contributed by atoms with E-state index >= 15 is 0 Å². The minimum absolute atomic E-state index is 0.235. The molecule has 0 aliphatic carbocycles. The number of esters is 1. The molecule has 1 aliphatic heterocycles. The highest BCUT2D eigenvalue weighted by molar-refractivity contribution is 7.85. The maximum absolute atomic E-state index is 13.1. The van der Waals surface area contributed by atoms with Gasteiger partial charge in [-0.05, 0) is 17.7 Å². The van der Waals surface area contributed by atoms with Gasteiger partial charge in [-0.2, -0.15) is 0 Å². The number of hydrogen-bond acceptors (Lipinski definition) is 4. The van der Waals surface area contributed by atoms with Gasteiger partial charge in [-0.25, -0.2) is 4.39 Å². The van der Waals surface area contributed by atoms with Crippen LogP contribution in [0.4, 0.5) is 4.39 Å². The number of methoxy groups -OCH3 is 1. The second kappa shape index (κ2) is 5.58. The summed E-state index contributed by atoms with van der Waals surface area (Å²) in [6, 6.07) is 5.18. The smallest absolute Gasteiger partial charge is 0.323 e. The Labute approximate surface area is 107 Å². The first kappa shape index (κ1) is 13.2. The molecule has 1 N–H and O–H groups in total. The van der Waals surface area contributed by atoms with Crippen molar-refractivity contribution in [3.05, 3.63) is 35.6 Å². The molecule has 0 radical (unpaired) electrons. The molecule has 3 atom stereocenters. The fourth-order valence-electron chi connectivity index (χ4n) is 1.97. The second-order valence-corrected chi connectivity index (χ2v) is 5.67. The summed E-state index contributed by atoms with van der Waals surface area (Å²) in [7, 11) is 0.175. The Morgan fingerprint density at radius 3 is 2.94 bits per heavy atom. The van der Waals surface area contributed by atoms with Crippen LogP contribution in [0, 0.1) is 5.82 Å². The number of halogens is 1. The van der Waals surface area contributed by atoms with Gasteiger partial charge >= 0.3 is 5.97 Å². The Bertz CT molecular complexity index is 480. The molecular formula is C12H14FNO3S. The molecule has 0 spiro atoms. The molecule has 4 nitrogen and oxygen atoms in total. The van der Waals surface area contributed by atoms with Gasteiger partial charge in [0, 0.05) is 28.3 Å². The molecule has 1 aromatic carbocycles. The molecule has 18 heavy (non-hydrogen) atoms. The van der Waals surface area contributed by atoms with E-state index in [1.165, 1.54) is 19.2 Å². The topological polar surface area (TPSA) is 55.4 Å². The van der Waals surface area contributed by atoms with E-state index < -0.39 is 22.8 Å². The van der Waals surface area contributed by atoms with Crippen LogP contribution in [-0.2, 0) is 20.3 Å². The van der Waals surface area contributed by atoms with E-state index in [1.54, 1.807) is 12.1 Å². The monoisotopic (exact) mass is 271 g/mol. The Kier molecular flexibility index (Phi) is 4.08. The van der Waals surface area contributed by atoms with Crippen molar-refractivity contribution in [1.82, 2.24) is 5.32 Å². The molecule has 3 unspecified atom stereocenters. The second-order valence-electron chi connectivity index (χ2n) is 4.12. The van der Waals surface area contributed by atoms with Gasteiger partial charge in [0.15, 0.2) is 0 Å². The van der Waals surface area contributed by atoms with Crippen LogP contribution in [-0.4, -0.2) is 34.8 Å². The molecule has 0 saturated carbocycles. The summed E-state index contributed by atoms with van der Waals surface area (Å²) < 4.78 is 29.5. The van der Waals surface area contributed by atoms with Gasteiger partial charge in [0.1, 0.15) is 11.9 Å². The Balaban J connectivity index is 2.18. The highest BCUT2D eigenvalue weighted by atomic mass is 32.2. The lowest BCUT2D eigenvalue weighted by Gasteiger charge is -2.29. The van der Waals surface area contributed by atoms with Gasteiger partial charge in [0.25, 0.3) is 0 Å². The fraction of sp³-hybridized carbons (Fsp3) is 0.417. The van der Waals surface area contributed by atoms with Crippen LogP contribution in [0.5, 0.6) is 0 Å². The lowest BCUT2D eigenvalue weighted by Crippen LogP contribution is -2.49. The molecule has 1 aromatic rings. The van der Waals surface area contributed by atoms with Crippen LogP contribution in [0.3, 0.4) is 0 Å². The predicted octanol–water partition coefficient (Wildman–Crippen LogP) is 0.760. The molecule has 1 saturated heterocycles. The van der Waals surface area contributed by atoms with Crippen molar-refractivity contribution in [3.63, 3.8) is 0 Å². The molecule has 6 heteroatoms. The van der Waals surface area contributed by atoms with Crippen LogP contribution in [0.2, 0.25) is 0 Å². The highest BCUT2D eigenvalue weighted by Crippen LogP contribution is 2.20. The van der Waals surface area contributed by atoms with E-state index in [-0.39, 0.29) is 17.6 Å². The molecular weight excluding hydrogens is 257 g/mol. The van der Waals surface area contributed by atoms with Gasteiger partial charge in [0.2, 0.25) is 0 Å². The summed E-state index contributed by atoms with van der Waals surface area (Å²) in [5.74, 6) is -0.181. The molecule has 1 fully saturated rings. The van der Waals surface area contributed by atoms with E-state index in [4.69, 9.17) is 0 Å². The zero-order valence-corrected chi connectivity index (χ0v) is 10.7. The van der Waals surface area contributed by atoms with Crippen molar-refractivity contribution in [1.29, 1.82) is 0 Å². The normalized spacial score (nSPS) is 27.8. The van der Waals surface area contributed by atoms with E-state index in [9.17, 15) is 13.4 Å². The standard InChI is InChI=1S/C12H14FNO3S/c1-17-12(15)11-7-18(16)6-10(14-11)8-3-2-4-9(13)5-8/h2-5,10-11,14H,6-7H2,1H3. The van der Waals surface area contributed by atoms with Crippen LogP contribution in [0.1, 0.15) is 11.6 Å². The summed E-state index contributed by atoms with van der Waals surface area (Å²) >= 11 is 0. The number of carbonyl (C=O) groups excluding carboxylic acids is 1. The summed E-state index contributed by atoms with van der Waals surface area (Å²) in [4.78, 5) is 11.5. The van der Waals surface area contributed by atoms with Crippen LogP contribution in [0.15, 0.2) is 24.3 Å². The average molecular weight is 271 g/mol. The maximum Gasteiger partial charge on any atom is 0.323 e. The summed E-state index contributed by atoms with van der Waals surface area (Å²) in [5.41, 5.74) is 0.692. The average Bonchev–Trinajstić information content (AvgIpc) is 2.37. The van der Waals surface area contributed by atoms with Crippen molar-refractivity contribution in [3.8, 4) is 0 Å². The Hall–Kier alpha value is -1.27. The van der Waals surface area contributed by atoms with E-state index in [2.05, 4.69) is 10.1 Å². The van der Waals surface area contributed by atoms with Crippen LogP contribution in [0.25, 0.3) is 0 Å². The van der Waals surface area contributed by atoms with Gasteiger partial charge in [0.05, 0.1) is 7.11 Å². The third kappa shape index (κ3) is 2.94. The predicted molar refractivity (Wildman–Crippen MR) is 66.0 cm³/mol. The van der Waals surface area contributed by atoms with Crippen molar-refractivity contribution < 1.29 is 18.1 Å². The van der Waals surface area contributed by atoms with Crippen LogP contribution >= 0.6 is 0 Å². The molecule has 0 aromatic heterocycles. The minimum Gasteiger partial charge on any atom is -0.468 e. The summed E-state index contributed by atoms with van der Waals surface area (Å²) in [6.45, 7) is 0. The summed E-state index contributed by atoms with van der Waals surface area (Å²) in [6.07, 6.45) is 0. The first-order valence-corrected chi connectivity index (χ1v) is 7.03. The zero-order valence-electron chi connectivity index (χ0n) is 9.89.